The largest absolute Gasteiger partial charge is 0.488 e. The predicted molar refractivity (Wildman–Crippen MR) is 120 cm³/mol. The lowest BCUT2D eigenvalue weighted by molar-refractivity contribution is -0.118. The van der Waals surface area contributed by atoms with Crippen LogP contribution in [-0.2, 0) is 11.4 Å². The van der Waals surface area contributed by atoms with Gasteiger partial charge in [0.1, 0.15) is 12.4 Å². The molecule has 1 amide bonds. The zero-order chi connectivity index (χ0) is 20.8. The molecule has 1 aliphatic carbocycles. The van der Waals surface area contributed by atoms with E-state index in [1.807, 2.05) is 24.3 Å². The van der Waals surface area contributed by atoms with Crippen LogP contribution in [-0.4, -0.2) is 18.5 Å². The molecule has 30 heavy (non-hydrogen) atoms. The molecule has 1 unspecified atom stereocenters. The van der Waals surface area contributed by atoms with Crippen LogP contribution in [0.5, 0.6) is 5.75 Å². The first-order chi connectivity index (χ1) is 14.7. The van der Waals surface area contributed by atoms with E-state index < -0.39 is 0 Å². The normalized spacial score (nSPS) is 17.5. The van der Waals surface area contributed by atoms with E-state index in [4.69, 9.17) is 10.5 Å². The van der Waals surface area contributed by atoms with Crippen molar-refractivity contribution in [3.05, 3.63) is 90.0 Å². The van der Waals surface area contributed by atoms with Gasteiger partial charge in [0.15, 0.2) is 0 Å². The molecule has 4 heteroatoms. The lowest BCUT2D eigenvalue weighted by atomic mass is 9.99. The molecule has 1 saturated carbocycles. The van der Waals surface area contributed by atoms with Crippen molar-refractivity contribution in [3.63, 3.8) is 0 Å². The first-order valence-corrected chi connectivity index (χ1v) is 10.6. The van der Waals surface area contributed by atoms with Crippen molar-refractivity contribution in [2.24, 2.45) is 5.73 Å². The quantitative estimate of drug-likeness (QED) is 0.487. The fourth-order valence-corrected chi connectivity index (χ4v) is 3.82. The number of nitrogens with one attached hydrogen (secondary N) is 1. The van der Waals surface area contributed by atoms with Gasteiger partial charge in [0.2, 0.25) is 5.91 Å². The van der Waals surface area contributed by atoms with Crippen LogP contribution >= 0.6 is 0 Å². The van der Waals surface area contributed by atoms with Crippen LogP contribution in [0.15, 0.2) is 78.9 Å². The van der Waals surface area contributed by atoms with Gasteiger partial charge in [0, 0.05) is 23.9 Å². The van der Waals surface area contributed by atoms with Crippen molar-refractivity contribution in [2.75, 3.05) is 6.54 Å². The zero-order valence-electron chi connectivity index (χ0n) is 17.1. The fraction of sp³-hybridized carbons (Fsp3) is 0.269. The summed E-state index contributed by atoms with van der Waals surface area (Å²) in [5.41, 5.74) is 9.98. The number of benzene rings is 3. The average molecular weight is 401 g/mol. The standard InChI is InChI=1S/C26H28N2O2/c27-26(29)12-7-15-28-24-17-22(24)21-13-14-25(30-18-19-8-3-1-4-9-19)23(16-21)20-10-5-2-6-11-20/h1-6,8-11,13-14,16,22,24,28H,7,12,15,17-18H2,(H2,27,29)/t22?,24-/m0/s1. The summed E-state index contributed by atoms with van der Waals surface area (Å²) in [6.07, 6.45) is 2.35. The third-order valence-electron chi connectivity index (χ3n) is 5.55. The second kappa shape index (κ2) is 9.59. The second-order valence-electron chi connectivity index (χ2n) is 7.87. The number of rotatable bonds is 10. The Bertz CT molecular complexity index is 973. The minimum Gasteiger partial charge on any atom is -0.488 e. The Hall–Kier alpha value is -3.11. The van der Waals surface area contributed by atoms with E-state index in [0.29, 0.717) is 25.0 Å². The highest BCUT2D eigenvalue weighted by Gasteiger charge is 2.38. The number of nitrogens with two attached hydrogens (primary N) is 1. The monoisotopic (exact) mass is 400 g/mol. The number of hydrogen-bond donors (Lipinski definition) is 2. The molecule has 3 aromatic rings. The molecule has 1 aliphatic rings. The van der Waals surface area contributed by atoms with Crippen molar-refractivity contribution < 1.29 is 9.53 Å². The Morgan fingerprint density at radius 2 is 1.73 bits per heavy atom. The molecule has 0 aliphatic heterocycles. The van der Waals surface area contributed by atoms with Gasteiger partial charge in [0.05, 0.1) is 0 Å². The molecule has 0 aromatic heterocycles. The highest BCUT2D eigenvalue weighted by molar-refractivity contribution is 5.73. The number of hydrogen-bond acceptors (Lipinski definition) is 3. The van der Waals surface area contributed by atoms with Gasteiger partial charge >= 0.3 is 0 Å². The summed E-state index contributed by atoms with van der Waals surface area (Å²) >= 11 is 0. The van der Waals surface area contributed by atoms with Crippen LogP contribution in [0.4, 0.5) is 0 Å². The van der Waals surface area contributed by atoms with Crippen molar-refractivity contribution >= 4 is 5.91 Å². The Balaban J connectivity index is 1.47. The molecule has 0 radical (unpaired) electrons. The minimum absolute atomic E-state index is 0.234. The van der Waals surface area contributed by atoms with E-state index >= 15 is 0 Å². The molecule has 1 fully saturated rings. The second-order valence-corrected chi connectivity index (χ2v) is 7.87. The summed E-state index contributed by atoms with van der Waals surface area (Å²) < 4.78 is 6.20. The highest BCUT2D eigenvalue weighted by atomic mass is 16.5. The smallest absolute Gasteiger partial charge is 0.217 e. The molecule has 0 bridgehead atoms. The van der Waals surface area contributed by atoms with E-state index in [9.17, 15) is 4.79 Å². The summed E-state index contributed by atoms with van der Waals surface area (Å²) in [6, 6.07) is 27.7. The average Bonchev–Trinajstić information content (AvgIpc) is 3.56. The molecule has 0 saturated heterocycles. The first kappa shape index (κ1) is 20.2. The van der Waals surface area contributed by atoms with E-state index in [1.54, 1.807) is 0 Å². The Morgan fingerprint density at radius 1 is 1.00 bits per heavy atom. The summed E-state index contributed by atoms with van der Waals surface area (Å²) in [5.74, 6) is 1.17. The lowest BCUT2D eigenvalue weighted by Gasteiger charge is -2.14. The van der Waals surface area contributed by atoms with Gasteiger partial charge < -0.3 is 15.8 Å². The molecule has 3 N–H and O–H groups in total. The van der Waals surface area contributed by atoms with Gasteiger partial charge in [0.25, 0.3) is 0 Å². The van der Waals surface area contributed by atoms with E-state index in [2.05, 4.69) is 59.9 Å². The van der Waals surface area contributed by atoms with Gasteiger partial charge in [-0.2, -0.15) is 0 Å². The third-order valence-corrected chi connectivity index (χ3v) is 5.55. The number of primary amides is 1. The predicted octanol–water partition coefficient (Wildman–Crippen LogP) is 4.64. The molecule has 3 aromatic carbocycles. The number of carbonyl (C=O) groups is 1. The van der Waals surface area contributed by atoms with E-state index in [1.165, 1.54) is 5.56 Å². The molecule has 0 heterocycles. The van der Waals surface area contributed by atoms with E-state index in [0.717, 1.165) is 41.8 Å². The highest BCUT2D eigenvalue weighted by Crippen LogP contribution is 2.43. The van der Waals surface area contributed by atoms with Crippen LogP contribution in [0.25, 0.3) is 11.1 Å². The summed E-state index contributed by atoms with van der Waals surface area (Å²) in [7, 11) is 0. The first-order valence-electron chi connectivity index (χ1n) is 10.6. The van der Waals surface area contributed by atoms with Crippen molar-refractivity contribution in [1.82, 2.24) is 5.32 Å². The van der Waals surface area contributed by atoms with Gasteiger partial charge in [-0.1, -0.05) is 66.7 Å². The topological polar surface area (TPSA) is 64.4 Å². The maximum absolute atomic E-state index is 10.9. The van der Waals surface area contributed by atoms with Crippen LogP contribution in [0.3, 0.4) is 0 Å². The van der Waals surface area contributed by atoms with Gasteiger partial charge in [-0.25, -0.2) is 0 Å². The van der Waals surface area contributed by atoms with Gasteiger partial charge in [-0.05, 0) is 48.2 Å². The molecule has 0 spiro atoms. The minimum atomic E-state index is -0.234. The fourth-order valence-electron chi connectivity index (χ4n) is 3.82. The van der Waals surface area contributed by atoms with Gasteiger partial charge in [-0.3, -0.25) is 4.79 Å². The molecular weight excluding hydrogens is 372 g/mol. The molecule has 4 rings (SSSR count). The van der Waals surface area contributed by atoms with E-state index in [-0.39, 0.29) is 5.91 Å². The van der Waals surface area contributed by atoms with Crippen LogP contribution < -0.4 is 15.8 Å². The summed E-state index contributed by atoms with van der Waals surface area (Å²) in [5, 5.41) is 3.54. The number of amides is 1. The van der Waals surface area contributed by atoms with Crippen LogP contribution in [0.1, 0.15) is 36.3 Å². The number of carbonyl (C=O) groups excluding carboxylic acids is 1. The summed E-state index contributed by atoms with van der Waals surface area (Å²) in [4.78, 5) is 10.9. The maximum atomic E-state index is 10.9. The molecule has 2 atom stereocenters. The number of ether oxygens (including phenoxy) is 1. The Morgan fingerprint density at radius 3 is 2.47 bits per heavy atom. The molecule has 4 nitrogen and oxygen atoms in total. The van der Waals surface area contributed by atoms with Crippen molar-refractivity contribution in [1.29, 1.82) is 0 Å². The Labute approximate surface area is 178 Å². The molecule has 154 valence electrons. The van der Waals surface area contributed by atoms with Crippen LogP contribution in [0, 0.1) is 0 Å². The lowest BCUT2D eigenvalue weighted by Crippen LogP contribution is -2.21. The summed E-state index contributed by atoms with van der Waals surface area (Å²) in [6.45, 7) is 1.38. The molecular formula is C26H28N2O2. The van der Waals surface area contributed by atoms with Crippen LogP contribution in [0.2, 0.25) is 0 Å². The Kier molecular flexibility index (Phi) is 6.45. The SMILES string of the molecule is NC(=O)CCCN[C@H]1CC1c1ccc(OCc2ccccc2)c(-c2ccccc2)c1. The maximum Gasteiger partial charge on any atom is 0.217 e. The van der Waals surface area contributed by atoms with Crippen molar-refractivity contribution in [2.45, 2.75) is 37.8 Å². The zero-order valence-corrected chi connectivity index (χ0v) is 17.1. The van der Waals surface area contributed by atoms with Gasteiger partial charge in [-0.15, -0.1) is 0 Å². The third kappa shape index (κ3) is 5.28. The van der Waals surface area contributed by atoms with Crippen molar-refractivity contribution in [3.8, 4) is 16.9 Å².